The number of piperazine rings is 1. The lowest BCUT2D eigenvalue weighted by molar-refractivity contribution is -0.140. The summed E-state index contributed by atoms with van der Waals surface area (Å²) in [6.45, 7) is 1.52. The Morgan fingerprint density at radius 3 is 2.53 bits per heavy atom. The molecule has 2 fully saturated rings. The van der Waals surface area contributed by atoms with Gasteiger partial charge in [0.2, 0.25) is 5.91 Å². The van der Waals surface area contributed by atoms with Gasteiger partial charge in [-0.25, -0.2) is 4.79 Å². The van der Waals surface area contributed by atoms with E-state index in [4.69, 9.17) is 4.74 Å². The Bertz CT molecular complexity index is 1080. The summed E-state index contributed by atoms with van der Waals surface area (Å²) in [5.41, 5.74) is -0.585. The summed E-state index contributed by atoms with van der Waals surface area (Å²) < 4.78 is 5.63. The normalized spacial score (nSPS) is 22.6. The Balaban J connectivity index is 1.25. The van der Waals surface area contributed by atoms with Crippen molar-refractivity contribution >= 4 is 35.1 Å². The maximum Gasteiger partial charge on any atom is 0.325 e. The molecule has 1 spiro atoms. The van der Waals surface area contributed by atoms with Gasteiger partial charge in [0.15, 0.2) is 5.54 Å². The molecule has 1 aromatic heterocycles. The van der Waals surface area contributed by atoms with Crippen LogP contribution in [0.3, 0.4) is 0 Å². The molecule has 0 radical (unpaired) electrons. The lowest BCUT2D eigenvalue weighted by Gasteiger charge is -2.35. The molecule has 2 saturated heterocycles. The maximum atomic E-state index is 13.3. The lowest BCUT2D eigenvalue weighted by atomic mass is 9.84. The van der Waals surface area contributed by atoms with E-state index in [1.54, 1.807) is 34.1 Å². The Kier molecular flexibility index (Phi) is 5.09. The second kappa shape index (κ2) is 7.94. The maximum absolute atomic E-state index is 13.3. The summed E-state index contributed by atoms with van der Waals surface area (Å²) in [7, 11) is 0. The Labute approximate surface area is 188 Å². The molecule has 1 atom stereocenters. The highest BCUT2D eigenvalue weighted by Gasteiger charge is 2.55. The van der Waals surface area contributed by atoms with Gasteiger partial charge < -0.3 is 19.9 Å². The van der Waals surface area contributed by atoms with Crippen LogP contribution in [-0.2, 0) is 15.1 Å². The number of urea groups is 1. The van der Waals surface area contributed by atoms with Crippen molar-refractivity contribution in [3.8, 4) is 5.75 Å². The Morgan fingerprint density at radius 2 is 1.78 bits per heavy atom. The number of nitrogens with zero attached hydrogens (tertiary/aromatic N) is 3. The molecule has 5 amide bonds. The molecule has 10 heteroatoms. The topological polar surface area (TPSA) is 99.3 Å². The lowest BCUT2D eigenvalue weighted by Crippen LogP contribution is -2.53. The molecule has 4 heterocycles. The first-order valence-corrected chi connectivity index (χ1v) is 11.3. The zero-order chi connectivity index (χ0) is 22.3. The number of carbonyl (C=O) groups is 4. The predicted molar refractivity (Wildman–Crippen MR) is 115 cm³/mol. The van der Waals surface area contributed by atoms with Crippen molar-refractivity contribution in [3.63, 3.8) is 0 Å². The van der Waals surface area contributed by atoms with Gasteiger partial charge >= 0.3 is 6.03 Å². The number of para-hydroxylation sites is 1. The summed E-state index contributed by atoms with van der Waals surface area (Å²) in [6, 6.07) is 10.2. The molecule has 166 valence electrons. The summed E-state index contributed by atoms with van der Waals surface area (Å²) in [5, 5.41) is 4.66. The van der Waals surface area contributed by atoms with Gasteiger partial charge in [-0.3, -0.25) is 19.3 Å². The summed E-state index contributed by atoms with van der Waals surface area (Å²) in [6.07, 6.45) is 0.308. The van der Waals surface area contributed by atoms with E-state index < -0.39 is 17.5 Å². The molecule has 32 heavy (non-hydrogen) atoms. The van der Waals surface area contributed by atoms with E-state index in [9.17, 15) is 19.2 Å². The second-order valence-electron chi connectivity index (χ2n) is 7.97. The third-order valence-electron chi connectivity index (χ3n) is 6.20. The third-order valence-corrected chi connectivity index (χ3v) is 7.06. The molecule has 0 aliphatic carbocycles. The smallest absolute Gasteiger partial charge is 0.325 e. The number of fused-ring (bicyclic) bond motifs is 2. The van der Waals surface area contributed by atoms with Crippen LogP contribution in [0, 0.1) is 0 Å². The van der Waals surface area contributed by atoms with E-state index >= 15 is 0 Å². The average Bonchev–Trinajstić information content (AvgIpc) is 3.43. The van der Waals surface area contributed by atoms with Crippen LogP contribution in [0.4, 0.5) is 4.79 Å². The van der Waals surface area contributed by atoms with Crippen LogP contribution < -0.4 is 10.1 Å². The van der Waals surface area contributed by atoms with Gasteiger partial charge in [-0.15, -0.1) is 11.3 Å². The van der Waals surface area contributed by atoms with E-state index in [2.05, 4.69) is 5.32 Å². The van der Waals surface area contributed by atoms with Gasteiger partial charge in [-0.1, -0.05) is 24.3 Å². The second-order valence-corrected chi connectivity index (χ2v) is 8.92. The van der Waals surface area contributed by atoms with Gasteiger partial charge in [-0.2, -0.15) is 0 Å². The molecule has 1 aromatic carbocycles. The summed E-state index contributed by atoms with van der Waals surface area (Å²) >= 11 is 1.39. The minimum atomic E-state index is -1.20. The fraction of sp³-hybridized carbons (Fsp3) is 0.364. The van der Waals surface area contributed by atoms with Crippen molar-refractivity contribution in [2.24, 2.45) is 0 Å². The van der Waals surface area contributed by atoms with Crippen molar-refractivity contribution in [2.75, 3.05) is 39.3 Å². The SMILES string of the molecule is O=C(CN1C(=O)NC2(CCOc3ccccc32)C1=O)N1CCN(C(=O)c2cccs2)CC1. The number of carbonyl (C=O) groups excluding carboxylic acids is 4. The van der Waals surface area contributed by atoms with Crippen molar-refractivity contribution < 1.29 is 23.9 Å². The first kappa shape index (κ1) is 20.5. The Hall–Kier alpha value is -3.40. The highest BCUT2D eigenvalue weighted by Crippen LogP contribution is 2.40. The predicted octanol–water partition coefficient (Wildman–Crippen LogP) is 1.26. The van der Waals surface area contributed by atoms with Crippen molar-refractivity contribution in [2.45, 2.75) is 12.0 Å². The molecular formula is C22H22N4O5S. The van der Waals surface area contributed by atoms with Gasteiger partial charge in [0.1, 0.15) is 12.3 Å². The monoisotopic (exact) mass is 454 g/mol. The number of rotatable bonds is 3. The molecule has 0 bridgehead atoms. The third kappa shape index (κ3) is 3.31. The summed E-state index contributed by atoms with van der Waals surface area (Å²) in [4.78, 5) is 56.4. The average molecular weight is 455 g/mol. The number of imide groups is 1. The number of ether oxygens (including phenoxy) is 1. The molecule has 5 rings (SSSR count). The highest BCUT2D eigenvalue weighted by atomic mass is 32.1. The molecule has 1 N–H and O–H groups in total. The first-order valence-electron chi connectivity index (χ1n) is 10.5. The van der Waals surface area contributed by atoms with E-state index in [1.165, 1.54) is 11.3 Å². The molecule has 3 aliphatic heterocycles. The van der Waals surface area contributed by atoms with Crippen LogP contribution in [0.25, 0.3) is 0 Å². The number of hydrogen-bond acceptors (Lipinski definition) is 6. The fourth-order valence-corrected chi connectivity index (χ4v) is 5.16. The molecule has 1 unspecified atom stereocenters. The molecule has 2 aromatic rings. The van der Waals surface area contributed by atoms with Gasteiger partial charge in [0, 0.05) is 38.2 Å². The van der Waals surface area contributed by atoms with Crippen molar-refractivity contribution in [1.29, 1.82) is 0 Å². The largest absolute Gasteiger partial charge is 0.493 e. The number of hydrogen-bond donors (Lipinski definition) is 1. The highest BCUT2D eigenvalue weighted by molar-refractivity contribution is 7.12. The minimum Gasteiger partial charge on any atom is -0.493 e. The van der Waals surface area contributed by atoms with E-state index in [1.807, 2.05) is 17.5 Å². The molecule has 0 saturated carbocycles. The number of amides is 5. The molecule has 3 aliphatic rings. The standard InChI is InChI=1S/C22H22N4O5S/c27-18(24-8-10-25(11-9-24)19(28)17-6-3-13-32-17)14-26-20(29)22(23-21(26)30)7-12-31-16-5-2-1-4-15(16)22/h1-6,13H,7-12,14H2,(H,23,30). The zero-order valence-corrected chi connectivity index (χ0v) is 18.1. The number of nitrogens with one attached hydrogen (secondary N) is 1. The van der Waals surface area contributed by atoms with Gasteiger partial charge in [0.05, 0.1) is 11.5 Å². The minimum absolute atomic E-state index is 0.0404. The summed E-state index contributed by atoms with van der Waals surface area (Å²) in [5.74, 6) is -0.222. The van der Waals surface area contributed by atoms with Crippen LogP contribution in [0.2, 0.25) is 0 Å². The fourth-order valence-electron chi connectivity index (χ4n) is 4.47. The quantitative estimate of drug-likeness (QED) is 0.704. The van der Waals surface area contributed by atoms with Crippen LogP contribution in [0.1, 0.15) is 21.7 Å². The van der Waals surface area contributed by atoms with E-state index in [0.717, 1.165) is 4.90 Å². The number of thiophene rings is 1. The van der Waals surface area contributed by atoms with E-state index in [0.29, 0.717) is 55.4 Å². The van der Waals surface area contributed by atoms with Crippen molar-refractivity contribution in [3.05, 3.63) is 52.2 Å². The first-order chi connectivity index (χ1) is 15.5. The van der Waals surface area contributed by atoms with Crippen LogP contribution >= 0.6 is 11.3 Å². The molecule has 9 nitrogen and oxygen atoms in total. The number of benzene rings is 1. The van der Waals surface area contributed by atoms with Crippen molar-refractivity contribution in [1.82, 2.24) is 20.0 Å². The molecular weight excluding hydrogens is 432 g/mol. The van der Waals surface area contributed by atoms with Gasteiger partial charge in [-0.05, 0) is 17.5 Å². The van der Waals surface area contributed by atoms with E-state index in [-0.39, 0.29) is 18.4 Å². The Morgan fingerprint density at radius 1 is 1.03 bits per heavy atom. The van der Waals surface area contributed by atoms with Crippen LogP contribution in [-0.4, -0.2) is 77.8 Å². The van der Waals surface area contributed by atoms with Crippen LogP contribution in [0.15, 0.2) is 41.8 Å². The zero-order valence-electron chi connectivity index (χ0n) is 17.3. The van der Waals surface area contributed by atoms with Crippen LogP contribution in [0.5, 0.6) is 5.75 Å². The van der Waals surface area contributed by atoms with Gasteiger partial charge in [0.25, 0.3) is 11.8 Å².